The molecule has 1 aliphatic rings. The fraction of sp³-hybridized carbons (Fsp3) is 0.500. The zero-order chi connectivity index (χ0) is 22.3. The smallest absolute Gasteiger partial charge is 0.271 e. The fourth-order valence-corrected chi connectivity index (χ4v) is 6.05. The lowest BCUT2D eigenvalue weighted by molar-refractivity contribution is 0.450. The first-order valence-electron chi connectivity index (χ1n) is 10.2. The maximum Gasteiger partial charge on any atom is 0.271 e. The van der Waals surface area contributed by atoms with Crippen LogP contribution in [0.25, 0.3) is 11.0 Å². The molecule has 1 N–H and O–H groups in total. The van der Waals surface area contributed by atoms with Gasteiger partial charge in [0.2, 0.25) is 5.95 Å². The number of fused-ring (bicyclic) bond motifs is 1. The van der Waals surface area contributed by atoms with E-state index in [0.29, 0.717) is 42.7 Å². The molecular weight excluding hydrogens is 440 g/mol. The molecule has 11 heteroatoms. The summed E-state index contributed by atoms with van der Waals surface area (Å²) < 4.78 is 28.7. The minimum absolute atomic E-state index is 0.0596. The second-order valence-electron chi connectivity index (χ2n) is 8.25. The second-order valence-corrected chi connectivity index (χ2v) is 10.9. The maximum absolute atomic E-state index is 12.8. The molecule has 31 heavy (non-hydrogen) atoms. The number of hydrogen-bond acceptors (Lipinski definition) is 7. The minimum atomic E-state index is -3.38. The van der Waals surface area contributed by atoms with E-state index < -0.39 is 15.1 Å². The maximum atomic E-state index is 12.8. The number of hydrogen-bond donors (Lipinski definition) is 1. The first-order chi connectivity index (χ1) is 14.7. The van der Waals surface area contributed by atoms with Crippen molar-refractivity contribution in [2.75, 3.05) is 5.32 Å². The van der Waals surface area contributed by atoms with Crippen molar-refractivity contribution in [3.8, 4) is 0 Å². The third-order valence-corrected chi connectivity index (χ3v) is 8.19. The van der Waals surface area contributed by atoms with Gasteiger partial charge in [-0.2, -0.15) is 10.1 Å². The summed E-state index contributed by atoms with van der Waals surface area (Å²) in [6, 6.07) is 1.53. The molecule has 0 aromatic carbocycles. The van der Waals surface area contributed by atoms with Gasteiger partial charge in [-0.1, -0.05) is 11.6 Å². The number of aryl methyl sites for hydroxylation is 1. The van der Waals surface area contributed by atoms with Gasteiger partial charge >= 0.3 is 0 Å². The lowest BCUT2D eigenvalue weighted by Crippen LogP contribution is -2.33. The van der Waals surface area contributed by atoms with Crippen LogP contribution in [-0.2, 0) is 16.9 Å². The first-order valence-corrected chi connectivity index (χ1v) is 12.2. The van der Waals surface area contributed by atoms with Crippen molar-refractivity contribution in [2.24, 2.45) is 7.05 Å². The normalized spacial score (nSPS) is 19.8. The summed E-state index contributed by atoms with van der Waals surface area (Å²) in [7, 11) is -1.68. The number of sulfone groups is 1. The van der Waals surface area contributed by atoms with E-state index in [-0.39, 0.29) is 27.6 Å². The van der Waals surface area contributed by atoms with Crippen molar-refractivity contribution in [1.29, 1.82) is 0 Å². The van der Waals surface area contributed by atoms with Crippen LogP contribution < -0.4 is 10.9 Å². The zero-order valence-electron chi connectivity index (χ0n) is 17.6. The second kappa shape index (κ2) is 8.23. The van der Waals surface area contributed by atoms with Gasteiger partial charge in [0.1, 0.15) is 15.6 Å². The van der Waals surface area contributed by atoms with Gasteiger partial charge in [0, 0.05) is 36.9 Å². The third-order valence-electron chi connectivity index (χ3n) is 5.70. The Morgan fingerprint density at radius 3 is 2.52 bits per heavy atom. The van der Waals surface area contributed by atoms with Crippen LogP contribution >= 0.6 is 11.6 Å². The van der Waals surface area contributed by atoms with Crippen LogP contribution in [0.5, 0.6) is 0 Å². The van der Waals surface area contributed by atoms with Gasteiger partial charge in [0.25, 0.3) is 5.56 Å². The van der Waals surface area contributed by atoms with Crippen LogP contribution in [0, 0.1) is 0 Å². The molecule has 0 unspecified atom stereocenters. The highest BCUT2D eigenvalue weighted by molar-refractivity contribution is 7.92. The number of aromatic nitrogens is 5. The molecule has 0 atom stereocenters. The van der Waals surface area contributed by atoms with Gasteiger partial charge in [-0.25, -0.2) is 13.4 Å². The lowest BCUT2D eigenvalue weighted by Gasteiger charge is -2.28. The topological polar surface area (TPSA) is 112 Å². The largest absolute Gasteiger partial charge is 0.351 e. The van der Waals surface area contributed by atoms with Gasteiger partial charge in [0.15, 0.2) is 9.84 Å². The van der Waals surface area contributed by atoms with Gasteiger partial charge in [-0.15, -0.1) is 0 Å². The van der Waals surface area contributed by atoms with Crippen LogP contribution in [0.4, 0.5) is 5.95 Å². The number of nitrogens with zero attached hydrogens (tertiary/aromatic N) is 5. The summed E-state index contributed by atoms with van der Waals surface area (Å²) >= 11 is 6.07. The predicted octanol–water partition coefficient (Wildman–Crippen LogP) is 2.96. The van der Waals surface area contributed by atoms with E-state index in [1.807, 2.05) is 13.8 Å². The molecule has 0 bridgehead atoms. The van der Waals surface area contributed by atoms with E-state index in [2.05, 4.69) is 20.4 Å². The molecule has 1 fully saturated rings. The summed E-state index contributed by atoms with van der Waals surface area (Å²) in [6.07, 6.45) is 7.06. The van der Waals surface area contributed by atoms with E-state index in [9.17, 15) is 13.2 Å². The van der Waals surface area contributed by atoms with Crippen molar-refractivity contribution < 1.29 is 8.42 Å². The number of anilines is 1. The highest BCUT2D eigenvalue weighted by Crippen LogP contribution is 2.30. The summed E-state index contributed by atoms with van der Waals surface area (Å²) in [5.41, 5.74) is 0.240. The van der Waals surface area contributed by atoms with E-state index >= 15 is 0 Å². The molecule has 3 aromatic rings. The molecule has 0 radical (unpaired) electrons. The standard InChI is InChI=1S/C20H25ClN6O3S/c1-12(2)27-18-13(8-17(21)19(27)28)9-22-20(25-18)24-14-4-6-15(7-5-14)31(29,30)16-10-23-26(3)11-16/h8-12,14-15H,4-7H2,1-3H3,(H,22,24,25). The summed E-state index contributed by atoms with van der Waals surface area (Å²) in [5, 5.41) is 7.70. The van der Waals surface area contributed by atoms with E-state index in [1.54, 1.807) is 30.1 Å². The van der Waals surface area contributed by atoms with Gasteiger partial charge in [-0.05, 0) is 45.6 Å². The van der Waals surface area contributed by atoms with Crippen molar-refractivity contribution in [3.05, 3.63) is 40.0 Å². The third kappa shape index (κ3) is 4.18. The lowest BCUT2D eigenvalue weighted by atomic mass is 9.95. The van der Waals surface area contributed by atoms with Crippen molar-refractivity contribution in [3.63, 3.8) is 0 Å². The molecule has 0 aliphatic heterocycles. The highest BCUT2D eigenvalue weighted by Gasteiger charge is 2.33. The van der Waals surface area contributed by atoms with Gasteiger partial charge in [0.05, 0.1) is 11.4 Å². The quantitative estimate of drug-likeness (QED) is 0.617. The average Bonchev–Trinajstić information content (AvgIpc) is 3.16. The average molecular weight is 465 g/mol. The number of rotatable bonds is 5. The monoisotopic (exact) mass is 464 g/mol. The highest BCUT2D eigenvalue weighted by atomic mass is 35.5. The molecule has 1 saturated carbocycles. The van der Waals surface area contributed by atoms with Crippen molar-refractivity contribution >= 4 is 38.4 Å². The molecule has 3 aromatic heterocycles. The van der Waals surface area contributed by atoms with Gasteiger partial charge in [-0.3, -0.25) is 14.0 Å². The van der Waals surface area contributed by atoms with Crippen LogP contribution in [-0.4, -0.2) is 44.0 Å². The molecule has 3 heterocycles. The van der Waals surface area contributed by atoms with Crippen molar-refractivity contribution in [1.82, 2.24) is 24.3 Å². The summed E-state index contributed by atoms with van der Waals surface area (Å²) in [5.74, 6) is 0.419. The Morgan fingerprint density at radius 1 is 1.19 bits per heavy atom. The predicted molar refractivity (Wildman–Crippen MR) is 119 cm³/mol. The molecule has 0 saturated heterocycles. The van der Waals surface area contributed by atoms with E-state index in [0.717, 1.165) is 0 Å². The first kappa shape index (κ1) is 21.8. The Kier molecular flexibility index (Phi) is 5.78. The van der Waals surface area contributed by atoms with Crippen molar-refractivity contribution in [2.45, 2.75) is 61.8 Å². The van der Waals surface area contributed by atoms with Crippen LogP contribution in [0.3, 0.4) is 0 Å². The Hall–Kier alpha value is -2.46. The molecular formula is C20H25ClN6O3S. The van der Waals surface area contributed by atoms with Crippen LogP contribution in [0.15, 0.2) is 34.3 Å². The molecule has 1 aliphatic carbocycles. The number of halogens is 1. The van der Waals surface area contributed by atoms with Crippen LogP contribution in [0.2, 0.25) is 5.02 Å². The molecule has 0 spiro atoms. The fourth-order valence-electron chi connectivity index (χ4n) is 4.07. The van der Waals surface area contributed by atoms with Crippen LogP contribution in [0.1, 0.15) is 45.6 Å². The summed E-state index contributed by atoms with van der Waals surface area (Å²) in [6.45, 7) is 3.80. The number of pyridine rings is 1. The van der Waals surface area contributed by atoms with E-state index in [4.69, 9.17) is 11.6 Å². The Bertz CT molecular complexity index is 1280. The SMILES string of the molecule is CC(C)n1c(=O)c(Cl)cc2cnc(NC3CCC(S(=O)(=O)c4cnn(C)c4)CC3)nc21. The zero-order valence-corrected chi connectivity index (χ0v) is 19.2. The Morgan fingerprint density at radius 2 is 1.90 bits per heavy atom. The molecule has 4 rings (SSSR count). The Labute approximate surface area is 185 Å². The summed E-state index contributed by atoms with van der Waals surface area (Å²) in [4.78, 5) is 21.7. The molecule has 9 nitrogen and oxygen atoms in total. The molecule has 0 amide bonds. The minimum Gasteiger partial charge on any atom is -0.351 e. The van der Waals surface area contributed by atoms with Gasteiger partial charge < -0.3 is 5.32 Å². The number of nitrogens with one attached hydrogen (secondary N) is 1. The molecule has 166 valence electrons. The Balaban J connectivity index is 1.50. The van der Waals surface area contributed by atoms with E-state index in [1.165, 1.54) is 10.9 Å².